The van der Waals surface area contributed by atoms with Crippen LogP contribution in [0.3, 0.4) is 0 Å². The zero-order valence-electron chi connectivity index (χ0n) is 12.4. The highest BCUT2D eigenvalue weighted by Crippen LogP contribution is 2.28. The molecule has 0 aliphatic rings. The zero-order chi connectivity index (χ0) is 15.7. The molecule has 22 heavy (non-hydrogen) atoms. The largest absolute Gasteiger partial charge is 0.338 e. The lowest BCUT2D eigenvalue weighted by molar-refractivity contribution is 1.08. The third kappa shape index (κ3) is 2.65. The summed E-state index contributed by atoms with van der Waals surface area (Å²) in [5.41, 5.74) is 4.30. The van der Waals surface area contributed by atoms with Crippen molar-refractivity contribution in [3.63, 3.8) is 0 Å². The van der Waals surface area contributed by atoms with Gasteiger partial charge in [0.05, 0.1) is 5.52 Å². The van der Waals surface area contributed by atoms with Gasteiger partial charge in [-0.3, -0.25) is 4.98 Å². The molecule has 2 heterocycles. The Bertz CT molecular complexity index is 874. The van der Waals surface area contributed by atoms with Gasteiger partial charge in [0.25, 0.3) is 0 Å². The number of benzene rings is 1. The number of nitrogens with one attached hydrogen (secondary N) is 1. The zero-order valence-corrected chi connectivity index (χ0v) is 13.1. The first-order valence-electron chi connectivity index (χ1n) is 6.87. The molecule has 0 unspecified atom stereocenters. The molecule has 0 saturated carbocycles. The van der Waals surface area contributed by atoms with E-state index in [0.29, 0.717) is 16.7 Å². The van der Waals surface area contributed by atoms with Crippen LogP contribution in [0.2, 0.25) is 5.02 Å². The predicted molar refractivity (Wildman–Crippen MR) is 91.6 cm³/mol. The fraction of sp³-hybridized carbons (Fsp3) is 0.118. The van der Waals surface area contributed by atoms with E-state index in [9.17, 15) is 0 Å². The number of halogens is 1. The van der Waals surface area contributed by atoms with E-state index >= 15 is 0 Å². The maximum absolute atomic E-state index is 6.17. The van der Waals surface area contributed by atoms with Crippen LogP contribution >= 0.6 is 11.6 Å². The predicted octanol–water partition coefficient (Wildman–Crippen LogP) is 4.68. The van der Waals surface area contributed by atoms with E-state index in [0.717, 1.165) is 27.8 Å². The van der Waals surface area contributed by atoms with Crippen LogP contribution in [0.5, 0.6) is 0 Å². The van der Waals surface area contributed by atoms with Gasteiger partial charge in [0.15, 0.2) is 5.82 Å². The molecule has 0 saturated heterocycles. The van der Waals surface area contributed by atoms with Gasteiger partial charge in [0.1, 0.15) is 11.3 Å². The lowest BCUT2D eigenvalue weighted by Gasteiger charge is -2.12. The summed E-state index contributed by atoms with van der Waals surface area (Å²) >= 11 is 6.17. The van der Waals surface area contributed by atoms with Gasteiger partial charge in [-0.05, 0) is 43.2 Å². The molecule has 1 N–H and O–H groups in total. The minimum Gasteiger partial charge on any atom is -0.338 e. The molecular weight excluding hydrogens is 296 g/mol. The minimum atomic E-state index is 0.670. The number of anilines is 2. The molecule has 4 nitrogen and oxygen atoms in total. The Morgan fingerprint density at radius 1 is 1.23 bits per heavy atom. The maximum Gasteiger partial charge on any atom is 0.160 e. The summed E-state index contributed by atoms with van der Waals surface area (Å²) in [6.07, 6.45) is 3.50. The van der Waals surface area contributed by atoms with Gasteiger partial charge in [-0.2, -0.15) is 0 Å². The van der Waals surface area contributed by atoms with Gasteiger partial charge in [0, 0.05) is 16.9 Å². The van der Waals surface area contributed by atoms with Crippen molar-refractivity contribution in [2.75, 3.05) is 5.32 Å². The number of aryl methyl sites for hydroxylation is 1. The standard InChI is InChI=1S/C17H15ClN4/c1-4-12-8-15-16(19-9-12)17(21-11(3)20-15)22-14-7-5-6-13(18)10(14)2/h4-9H,1H2,2-3H3,(H,20,21,22). The molecule has 0 spiro atoms. The van der Waals surface area contributed by atoms with E-state index < -0.39 is 0 Å². The van der Waals surface area contributed by atoms with Crippen LogP contribution in [0.25, 0.3) is 17.1 Å². The minimum absolute atomic E-state index is 0.670. The summed E-state index contributed by atoms with van der Waals surface area (Å²) in [5.74, 6) is 1.35. The Hall–Kier alpha value is -2.46. The van der Waals surface area contributed by atoms with Crippen molar-refractivity contribution in [2.24, 2.45) is 0 Å². The highest BCUT2D eigenvalue weighted by Gasteiger charge is 2.10. The summed E-state index contributed by atoms with van der Waals surface area (Å²) in [5, 5.41) is 4.02. The van der Waals surface area contributed by atoms with E-state index in [-0.39, 0.29) is 0 Å². The van der Waals surface area contributed by atoms with Crippen molar-refractivity contribution in [3.05, 3.63) is 59.0 Å². The van der Waals surface area contributed by atoms with Crippen LogP contribution in [-0.4, -0.2) is 15.0 Å². The highest BCUT2D eigenvalue weighted by molar-refractivity contribution is 6.31. The van der Waals surface area contributed by atoms with Crippen LogP contribution in [-0.2, 0) is 0 Å². The number of fused-ring (bicyclic) bond motifs is 1. The van der Waals surface area contributed by atoms with Gasteiger partial charge < -0.3 is 5.32 Å². The van der Waals surface area contributed by atoms with Crippen LogP contribution in [0.4, 0.5) is 11.5 Å². The molecule has 0 atom stereocenters. The number of pyridine rings is 1. The second kappa shape index (κ2) is 5.73. The number of hydrogen-bond donors (Lipinski definition) is 1. The Morgan fingerprint density at radius 3 is 2.82 bits per heavy atom. The second-order valence-electron chi connectivity index (χ2n) is 5.00. The van der Waals surface area contributed by atoms with Crippen LogP contribution < -0.4 is 5.32 Å². The summed E-state index contributed by atoms with van der Waals surface area (Å²) in [7, 11) is 0. The molecule has 2 aromatic heterocycles. The summed E-state index contributed by atoms with van der Waals surface area (Å²) in [6, 6.07) is 7.67. The van der Waals surface area contributed by atoms with Crippen molar-refractivity contribution in [1.82, 2.24) is 15.0 Å². The topological polar surface area (TPSA) is 50.7 Å². The lowest BCUT2D eigenvalue weighted by atomic mass is 10.2. The van der Waals surface area contributed by atoms with Crippen molar-refractivity contribution in [3.8, 4) is 0 Å². The average molecular weight is 311 g/mol. The first kappa shape index (κ1) is 14.5. The molecule has 0 aliphatic carbocycles. The number of hydrogen-bond acceptors (Lipinski definition) is 4. The molecule has 0 fully saturated rings. The molecule has 1 aromatic carbocycles. The van der Waals surface area contributed by atoms with Gasteiger partial charge in [-0.1, -0.05) is 30.3 Å². The number of nitrogens with zero attached hydrogens (tertiary/aromatic N) is 3. The Balaban J connectivity index is 2.14. The quantitative estimate of drug-likeness (QED) is 0.763. The number of rotatable bonds is 3. The van der Waals surface area contributed by atoms with Crippen molar-refractivity contribution >= 4 is 40.2 Å². The Morgan fingerprint density at radius 2 is 2.05 bits per heavy atom. The summed E-state index contributed by atoms with van der Waals surface area (Å²) in [6.45, 7) is 7.58. The Kier molecular flexibility index (Phi) is 3.77. The average Bonchev–Trinajstić information content (AvgIpc) is 2.51. The van der Waals surface area contributed by atoms with Gasteiger partial charge in [-0.25, -0.2) is 9.97 Å². The van der Waals surface area contributed by atoms with E-state index in [4.69, 9.17) is 11.6 Å². The molecule has 5 heteroatoms. The molecule has 0 radical (unpaired) electrons. The molecule has 0 bridgehead atoms. The fourth-order valence-electron chi connectivity index (χ4n) is 2.22. The summed E-state index contributed by atoms with van der Waals surface area (Å²) in [4.78, 5) is 13.4. The molecular formula is C17H15ClN4. The third-order valence-corrected chi connectivity index (χ3v) is 3.83. The molecule has 3 rings (SSSR count). The van der Waals surface area contributed by atoms with Gasteiger partial charge >= 0.3 is 0 Å². The first-order valence-corrected chi connectivity index (χ1v) is 7.25. The van der Waals surface area contributed by atoms with E-state index in [1.165, 1.54) is 0 Å². The van der Waals surface area contributed by atoms with E-state index in [1.807, 2.05) is 38.1 Å². The van der Waals surface area contributed by atoms with E-state index in [1.54, 1.807) is 12.3 Å². The van der Waals surface area contributed by atoms with Crippen molar-refractivity contribution in [2.45, 2.75) is 13.8 Å². The molecule has 110 valence electrons. The lowest BCUT2D eigenvalue weighted by Crippen LogP contribution is -2.02. The van der Waals surface area contributed by atoms with Crippen LogP contribution in [0.15, 0.2) is 37.0 Å². The molecule has 3 aromatic rings. The van der Waals surface area contributed by atoms with Crippen LogP contribution in [0.1, 0.15) is 17.0 Å². The van der Waals surface area contributed by atoms with Crippen molar-refractivity contribution < 1.29 is 0 Å². The third-order valence-electron chi connectivity index (χ3n) is 3.43. The molecule has 0 aliphatic heterocycles. The normalized spacial score (nSPS) is 10.7. The first-order chi connectivity index (χ1) is 10.6. The maximum atomic E-state index is 6.17. The summed E-state index contributed by atoms with van der Waals surface area (Å²) < 4.78 is 0. The van der Waals surface area contributed by atoms with Crippen molar-refractivity contribution in [1.29, 1.82) is 0 Å². The Labute approximate surface area is 133 Å². The highest BCUT2D eigenvalue weighted by atomic mass is 35.5. The SMILES string of the molecule is C=Cc1cnc2c(Nc3cccc(Cl)c3C)nc(C)nc2c1. The number of aromatic nitrogens is 3. The van der Waals surface area contributed by atoms with Gasteiger partial charge in [0.2, 0.25) is 0 Å². The second-order valence-corrected chi connectivity index (χ2v) is 5.40. The molecule has 0 amide bonds. The smallest absolute Gasteiger partial charge is 0.160 e. The monoisotopic (exact) mass is 310 g/mol. The fourth-order valence-corrected chi connectivity index (χ4v) is 2.39. The van der Waals surface area contributed by atoms with Gasteiger partial charge in [-0.15, -0.1) is 0 Å². The van der Waals surface area contributed by atoms with Crippen LogP contribution in [0, 0.1) is 13.8 Å². The van der Waals surface area contributed by atoms with E-state index in [2.05, 4.69) is 26.8 Å².